The van der Waals surface area contributed by atoms with E-state index in [0.29, 0.717) is 32.0 Å². The topological polar surface area (TPSA) is 76.9 Å². The highest BCUT2D eigenvalue weighted by Crippen LogP contribution is 2.26. The quantitative estimate of drug-likeness (QED) is 0.332. The van der Waals surface area contributed by atoms with Crippen molar-refractivity contribution in [1.29, 1.82) is 0 Å². The Morgan fingerprint density at radius 1 is 1.17 bits per heavy atom. The first kappa shape index (κ1) is 20.6. The molecule has 1 amide bonds. The lowest BCUT2D eigenvalue weighted by Crippen LogP contribution is -2.20. The molecule has 1 N–H and O–H groups in total. The van der Waals surface area contributed by atoms with Gasteiger partial charge in [-0.2, -0.15) is 0 Å². The summed E-state index contributed by atoms with van der Waals surface area (Å²) in [6.45, 7) is 0. The molecular weight excluding hydrogens is 440 g/mol. The number of hydrogen-bond acceptors (Lipinski definition) is 6. The van der Waals surface area contributed by atoms with E-state index in [9.17, 15) is 9.59 Å². The van der Waals surface area contributed by atoms with Crippen LogP contribution in [0.1, 0.15) is 6.42 Å². The fourth-order valence-corrected chi connectivity index (χ4v) is 4.60. The Kier molecular flexibility index (Phi) is 6.17. The summed E-state index contributed by atoms with van der Waals surface area (Å²) in [6, 6.07) is 14.6. The molecule has 152 valence electrons. The van der Waals surface area contributed by atoms with Crippen LogP contribution in [0.4, 0.5) is 5.13 Å². The number of fused-ring (bicyclic) bond motifs is 1. The maximum Gasteiger partial charge on any atom is 0.261 e. The number of aromatic nitrogens is 3. The molecule has 4 rings (SSSR count). The van der Waals surface area contributed by atoms with Gasteiger partial charge in [-0.25, -0.2) is 9.97 Å². The lowest BCUT2D eigenvalue weighted by molar-refractivity contribution is -0.115. The largest absolute Gasteiger partial charge is 0.302 e. The highest BCUT2D eigenvalue weighted by atomic mass is 35.5. The molecule has 30 heavy (non-hydrogen) atoms. The van der Waals surface area contributed by atoms with Crippen LogP contribution >= 0.6 is 34.7 Å². The molecule has 0 fully saturated rings. The molecule has 2 aromatic carbocycles. The van der Waals surface area contributed by atoms with Gasteiger partial charge in [0.05, 0.1) is 16.6 Å². The molecule has 2 heterocycles. The standard InChI is InChI=1S/C21H17ClN4O2S2/c1-26-19(28)15-4-2-3-5-16(15)24-21(26)29-11-10-18(27)25-20-23-17(12-30-20)13-6-8-14(22)9-7-13/h2-9,12H,10-11H2,1H3,(H,23,25,27). The van der Waals surface area contributed by atoms with Gasteiger partial charge in [0.15, 0.2) is 10.3 Å². The predicted octanol–water partition coefficient (Wildman–Crippen LogP) is 4.83. The zero-order chi connectivity index (χ0) is 21.1. The number of thiazole rings is 1. The molecule has 6 nitrogen and oxygen atoms in total. The summed E-state index contributed by atoms with van der Waals surface area (Å²) in [7, 11) is 1.69. The minimum atomic E-state index is -0.134. The summed E-state index contributed by atoms with van der Waals surface area (Å²) in [5, 5.41) is 7.10. The highest BCUT2D eigenvalue weighted by molar-refractivity contribution is 7.99. The number of thioether (sulfide) groups is 1. The molecule has 4 aromatic rings. The third kappa shape index (κ3) is 4.56. The third-order valence-electron chi connectivity index (χ3n) is 4.39. The van der Waals surface area contributed by atoms with Gasteiger partial charge in [0.25, 0.3) is 5.56 Å². The fourth-order valence-electron chi connectivity index (χ4n) is 2.83. The number of benzene rings is 2. The summed E-state index contributed by atoms with van der Waals surface area (Å²) in [5.74, 6) is 0.366. The summed E-state index contributed by atoms with van der Waals surface area (Å²) < 4.78 is 1.52. The van der Waals surface area contributed by atoms with Gasteiger partial charge in [-0.1, -0.05) is 47.6 Å². The van der Waals surface area contributed by atoms with Crippen molar-refractivity contribution >= 4 is 56.6 Å². The maximum atomic E-state index is 12.4. The fraction of sp³-hybridized carbons (Fsp3) is 0.143. The summed E-state index contributed by atoms with van der Waals surface area (Å²) in [5.41, 5.74) is 2.29. The van der Waals surface area contributed by atoms with E-state index in [4.69, 9.17) is 11.6 Å². The molecule has 9 heteroatoms. The van der Waals surface area contributed by atoms with E-state index in [0.717, 1.165) is 11.3 Å². The van der Waals surface area contributed by atoms with Gasteiger partial charge in [-0.05, 0) is 24.3 Å². The van der Waals surface area contributed by atoms with Crippen LogP contribution in [-0.4, -0.2) is 26.2 Å². The van der Waals surface area contributed by atoms with Crippen LogP contribution in [0.25, 0.3) is 22.2 Å². The van der Waals surface area contributed by atoms with Crippen molar-refractivity contribution in [2.75, 3.05) is 11.1 Å². The molecule has 0 aliphatic rings. The Labute approximate surface area is 185 Å². The Balaban J connectivity index is 1.36. The van der Waals surface area contributed by atoms with Gasteiger partial charge < -0.3 is 5.32 Å². The van der Waals surface area contributed by atoms with Crippen molar-refractivity contribution in [3.8, 4) is 11.3 Å². The molecule has 0 atom stereocenters. The number of hydrogen-bond donors (Lipinski definition) is 1. The van der Waals surface area contributed by atoms with Crippen molar-refractivity contribution in [2.45, 2.75) is 11.6 Å². The average Bonchev–Trinajstić information content (AvgIpc) is 3.20. The molecule has 0 bridgehead atoms. The van der Waals surface area contributed by atoms with Gasteiger partial charge in [0.2, 0.25) is 5.91 Å². The SMILES string of the molecule is Cn1c(SCCC(=O)Nc2nc(-c3ccc(Cl)cc3)cs2)nc2ccccc2c1=O. The molecule has 0 unspecified atom stereocenters. The second kappa shape index (κ2) is 8.99. The van der Waals surface area contributed by atoms with E-state index in [1.807, 2.05) is 35.7 Å². The second-order valence-corrected chi connectivity index (χ2v) is 8.82. The molecule has 0 aliphatic carbocycles. The summed E-state index contributed by atoms with van der Waals surface area (Å²) in [6.07, 6.45) is 0.281. The van der Waals surface area contributed by atoms with E-state index in [1.165, 1.54) is 27.7 Å². The summed E-state index contributed by atoms with van der Waals surface area (Å²) in [4.78, 5) is 33.7. The second-order valence-electron chi connectivity index (χ2n) is 6.47. The predicted molar refractivity (Wildman–Crippen MR) is 124 cm³/mol. The Bertz CT molecular complexity index is 1270. The number of carbonyl (C=O) groups excluding carboxylic acids is 1. The Morgan fingerprint density at radius 3 is 2.73 bits per heavy atom. The van der Waals surface area contributed by atoms with E-state index < -0.39 is 0 Å². The smallest absolute Gasteiger partial charge is 0.261 e. The van der Waals surface area contributed by atoms with Gasteiger partial charge in [0, 0.05) is 35.2 Å². The normalized spacial score (nSPS) is 11.0. The first-order valence-corrected chi connectivity index (χ1v) is 11.4. The minimum absolute atomic E-state index is 0.0925. The summed E-state index contributed by atoms with van der Waals surface area (Å²) >= 11 is 8.66. The van der Waals surface area contributed by atoms with Gasteiger partial charge in [-0.3, -0.25) is 14.2 Å². The van der Waals surface area contributed by atoms with Crippen molar-refractivity contribution in [3.05, 3.63) is 69.3 Å². The van der Waals surface area contributed by atoms with Crippen LogP contribution in [0.5, 0.6) is 0 Å². The highest BCUT2D eigenvalue weighted by Gasteiger charge is 2.11. The third-order valence-corrected chi connectivity index (χ3v) is 6.43. The number of para-hydroxylation sites is 1. The van der Waals surface area contributed by atoms with Crippen LogP contribution < -0.4 is 10.9 Å². The molecule has 2 aromatic heterocycles. The average molecular weight is 457 g/mol. The first-order chi connectivity index (χ1) is 14.5. The van der Waals surface area contributed by atoms with Crippen LogP contribution in [0.3, 0.4) is 0 Å². The van der Waals surface area contributed by atoms with E-state index in [1.54, 1.807) is 25.2 Å². The number of halogens is 1. The van der Waals surface area contributed by atoms with Crippen molar-refractivity contribution in [3.63, 3.8) is 0 Å². The van der Waals surface area contributed by atoms with Crippen molar-refractivity contribution in [1.82, 2.24) is 14.5 Å². The lowest BCUT2D eigenvalue weighted by Gasteiger charge is -2.08. The first-order valence-electron chi connectivity index (χ1n) is 9.11. The van der Waals surface area contributed by atoms with Gasteiger partial charge >= 0.3 is 0 Å². The molecular formula is C21H17ClN4O2S2. The number of rotatable bonds is 6. The van der Waals surface area contributed by atoms with Gasteiger partial charge in [0.1, 0.15) is 0 Å². The molecule has 0 aliphatic heterocycles. The number of nitrogens with zero attached hydrogens (tertiary/aromatic N) is 3. The zero-order valence-corrected chi connectivity index (χ0v) is 18.4. The van der Waals surface area contributed by atoms with Crippen molar-refractivity contribution < 1.29 is 4.79 Å². The molecule has 0 saturated heterocycles. The number of anilines is 1. The molecule has 0 radical (unpaired) electrons. The van der Waals surface area contributed by atoms with Crippen LogP contribution in [0, 0.1) is 0 Å². The van der Waals surface area contributed by atoms with Crippen LogP contribution in [0.15, 0.2) is 63.9 Å². The number of carbonyl (C=O) groups is 1. The number of nitrogens with one attached hydrogen (secondary N) is 1. The van der Waals surface area contributed by atoms with Crippen LogP contribution in [-0.2, 0) is 11.8 Å². The maximum absolute atomic E-state index is 12.4. The Morgan fingerprint density at radius 2 is 1.93 bits per heavy atom. The van der Waals surface area contributed by atoms with Gasteiger partial charge in [-0.15, -0.1) is 11.3 Å². The number of amides is 1. The van der Waals surface area contributed by atoms with Crippen LogP contribution in [0.2, 0.25) is 5.02 Å². The monoisotopic (exact) mass is 456 g/mol. The molecule has 0 saturated carbocycles. The zero-order valence-electron chi connectivity index (χ0n) is 16.0. The van der Waals surface area contributed by atoms with E-state index in [2.05, 4.69) is 15.3 Å². The van der Waals surface area contributed by atoms with Crippen molar-refractivity contribution in [2.24, 2.45) is 7.05 Å². The molecule has 0 spiro atoms. The lowest BCUT2D eigenvalue weighted by atomic mass is 10.2. The Hall–Kier alpha value is -2.68. The van der Waals surface area contributed by atoms with E-state index in [-0.39, 0.29) is 17.9 Å². The minimum Gasteiger partial charge on any atom is -0.302 e. The van der Waals surface area contributed by atoms with E-state index >= 15 is 0 Å².